The molecule has 0 saturated carbocycles. The van der Waals surface area contributed by atoms with Gasteiger partial charge in [0.15, 0.2) is 6.29 Å². The van der Waals surface area contributed by atoms with Crippen LogP contribution in [0.2, 0.25) is 0 Å². The van der Waals surface area contributed by atoms with E-state index in [2.05, 4.69) is 18.0 Å². The van der Waals surface area contributed by atoms with Crippen molar-refractivity contribution in [2.45, 2.75) is 32.5 Å². The molecule has 1 aliphatic carbocycles. The highest BCUT2D eigenvalue weighted by Crippen LogP contribution is 2.41. The van der Waals surface area contributed by atoms with E-state index in [9.17, 15) is 0 Å². The Morgan fingerprint density at radius 2 is 2.17 bits per heavy atom. The number of aromatic nitrogens is 1. The van der Waals surface area contributed by atoms with Crippen molar-refractivity contribution >= 4 is 0 Å². The third-order valence-electron chi connectivity index (χ3n) is 3.97. The molecular weight excluding hydrogens is 226 g/mol. The van der Waals surface area contributed by atoms with E-state index >= 15 is 0 Å². The first-order valence-corrected chi connectivity index (χ1v) is 6.56. The summed E-state index contributed by atoms with van der Waals surface area (Å²) in [5, 5.41) is 0. The predicted octanol–water partition coefficient (Wildman–Crippen LogP) is 3.24. The third-order valence-corrected chi connectivity index (χ3v) is 3.97. The number of pyridine rings is 1. The molecule has 1 spiro atoms. The summed E-state index contributed by atoms with van der Waals surface area (Å²) in [5.41, 5.74) is 2.71. The van der Waals surface area contributed by atoms with Crippen LogP contribution in [0, 0.1) is 5.41 Å². The SMILES string of the molecule is CC1=CCC2(CC1)COC(c1cccnc1)OC2. The van der Waals surface area contributed by atoms with Crippen LogP contribution in [-0.4, -0.2) is 18.2 Å². The van der Waals surface area contributed by atoms with Gasteiger partial charge in [-0.25, -0.2) is 0 Å². The van der Waals surface area contributed by atoms with Gasteiger partial charge in [0.2, 0.25) is 0 Å². The first-order chi connectivity index (χ1) is 8.77. The van der Waals surface area contributed by atoms with E-state index in [4.69, 9.17) is 9.47 Å². The van der Waals surface area contributed by atoms with Crippen LogP contribution in [0.5, 0.6) is 0 Å². The fraction of sp³-hybridized carbons (Fsp3) is 0.533. The van der Waals surface area contributed by atoms with E-state index in [1.54, 1.807) is 6.20 Å². The second-order valence-corrected chi connectivity index (χ2v) is 5.49. The van der Waals surface area contributed by atoms with Gasteiger partial charge in [-0.05, 0) is 32.3 Å². The van der Waals surface area contributed by atoms with Crippen molar-refractivity contribution in [3.63, 3.8) is 0 Å². The van der Waals surface area contributed by atoms with E-state index in [1.807, 2.05) is 18.3 Å². The van der Waals surface area contributed by atoms with E-state index < -0.39 is 0 Å². The van der Waals surface area contributed by atoms with Crippen molar-refractivity contribution in [1.82, 2.24) is 4.98 Å². The second kappa shape index (κ2) is 4.82. The maximum Gasteiger partial charge on any atom is 0.185 e. The Morgan fingerprint density at radius 3 is 2.78 bits per heavy atom. The van der Waals surface area contributed by atoms with E-state index in [1.165, 1.54) is 18.4 Å². The van der Waals surface area contributed by atoms with Crippen molar-refractivity contribution in [3.8, 4) is 0 Å². The van der Waals surface area contributed by atoms with Crippen LogP contribution in [0.4, 0.5) is 0 Å². The van der Waals surface area contributed by atoms with Crippen molar-refractivity contribution in [1.29, 1.82) is 0 Å². The number of hydrogen-bond acceptors (Lipinski definition) is 3. The van der Waals surface area contributed by atoms with Crippen molar-refractivity contribution in [2.75, 3.05) is 13.2 Å². The summed E-state index contributed by atoms with van der Waals surface area (Å²) < 4.78 is 11.8. The molecule has 3 rings (SSSR count). The zero-order chi connectivity index (χ0) is 12.4. The van der Waals surface area contributed by atoms with Crippen molar-refractivity contribution < 1.29 is 9.47 Å². The Bertz CT molecular complexity index is 433. The van der Waals surface area contributed by atoms with Crippen LogP contribution in [0.1, 0.15) is 38.0 Å². The monoisotopic (exact) mass is 245 g/mol. The molecule has 2 heterocycles. The van der Waals surface area contributed by atoms with Gasteiger partial charge in [0.25, 0.3) is 0 Å². The quantitative estimate of drug-likeness (QED) is 0.712. The minimum absolute atomic E-state index is 0.207. The molecule has 0 radical (unpaired) electrons. The molecule has 2 aliphatic rings. The van der Waals surface area contributed by atoms with Crippen molar-refractivity contribution in [3.05, 3.63) is 41.7 Å². The molecule has 1 aliphatic heterocycles. The number of ether oxygens (including phenoxy) is 2. The Hall–Kier alpha value is -1.19. The zero-order valence-corrected chi connectivity index (χ0v) is 10.8. The van der Waals surface area contributed by atoms with Crippen LogP contribution < -0.4 is 0 Å². The lowest BCUT2D eigenvalue weighted by atomic mass is 9.76. The van der Waals surface area contributed by atoms with Gasteiger partial charge in [0, 0.05) is 23.4 Å². The molecule has 1 saturated heterocycles. The maximum absolute atomic E-state index is 5.90. The molecule has 3 heteroatoms. The van der Waals surface area contributed by atoms with Crippen LogP contribution in [0.25, 0.3) is 0 Å². The summed E-state index contributed by atoms with van der Waals surface area (Å²) in [6.45, 7) is 3.78. The average molecular weight is 245 g/mol. The van der Waals surface area contributed by atoms with Gasteiger partial charge < -0.3 is 9.47 Å². The van der Waals surface area contributed by atoms with E-state index in [0.717, 1.165) is 25.2 Å². The Morgan fingerprint density at radius 1 is 1.33 bits per heavy atom. The summed E-state index contributed by atoms with van der Waals surface area (Å²) in [6.07, 6.45) is 9.10. The fourth-order valence-electron chi connectivity index (χ4n) is 2.62. The van der Waals surface area contributed by atoms with Crippen LogP contribution in [-0.2, 0) is 9.47 Å². The highest BCUT2D eigenvalue weighted by Gasteiger charge is 2.37. The lowest BCUT2D eigenvalue weighted by Gasteiger charge is -2.41. The summed E-state index contributed by atoms with van der Waals surface area (Å²) in [5.74, 6) is 0. The molecule has 1 aromatic rings. The number of rotatable bonds is 1. The molecule has 3 nitrogen and oxygen atoms in total. The van der Waals surface area contributed by atoms with Gasteiger partial charge in [-0.1, -0.05) is 17.7 Å². The third kappa shape index (κ3) is 2.33. The van der Waals surface area contributed by atoms with Crippen LogP contribution in [0.3, 0.4) is 0 Å². The Labute approximate surface area is 108 Å². The lowest BCUT2D eigenvalue weighted by molar-refractivity contribution is -0.236. The van der Waals surface area contributed by atoms with Crippen LogP contribution >= 0.6 is 0 Å². The lowest BCUT2D eigenvalue weighted by Crippen LogP contribution is -2.39. The number of nitrogens with zero attached hydrogens (tertiary/aromatic N) is 1. The fourth-order valence-corrected chi connectivity index (χ4v) is 2.62. The average Bonchev–Trinajstić information content (AvgIpc) is 2.44. The molecule has 1 fully saturated rings. The van der Waals surface area contributed by atoms with E-state index in [0.29, 0.717) is 0 Å². The van der Waals surface area contributed by atoms with Gasteiger partial charge in [-0.15, -0.1) is 0 Å². The van der Waals surface area contributed by atoms with Gasteiger partial charge in [0.1, 0.15) is 0 Å². The first kappa shape index (κ1) is 11.9. The number of hydrogen-bond donors (Lipinski definition) is 0. The summed E-state index contributed by atoms with van der Waals surface area (Å²) in [7, 11) is 0. The predicted molar refractivity (Wildman–Crippen MR) is 68.9 cm³/mol. The normalized spacial score (nSPS) is 32.3. The van der Waals surface area contributed by atoms with Gasteiger partial charge in [0.05, 0.1) is 13.2 Å². The Balaban J connectivity index is 1.65. The summed E-state index contributed by atoms with van der Waals surface area (Å²) in [6, 6.07) is 3.92. The highest BCUT2D eigenvalue weighted by molar-refractivity contribution is 5.12. The van der Waals surface area contributed by atoms with E-state index in [-0.39, 0.29) is 11.7 Å². The minimum Gasteiger partial charge on any atom is -0.348 e. The molecule has 1 aromatic heterocycles. The Kier molecular flexibility index (Phi) is 3.18. The standard InChI is InChI=1S/C15H19NO2/c1-12-4-6-15(7-5-12)10-17-14(18-11-15)13-3-2-8-16-9-13/h2-4,8-9,14H,5-7,10-11H2,1H3. The molecule has 0 atom stereocenters. The molecule has 18 heavy (non-hydrogen) atoms. The topological polar surface area (TPSA) is 31.4 Å². The highest BCUT2D eigenvalue weighted by atomic mass is 16.7. The largest absolute Gasteiger partial charge is 0.348 e. The van der Waals surface area contributed by atoms with Crippen LogP contribution in [0.15, 0.2) is 36.2 Å². The molecular formula is C15H19NO2. The summed E-state index contributed by atoms with van der Waals surface area (Å²) >= 11 is 0. The zero-order valence-electron chi connectivity index (χ0n) is 10.8. The molecule has 0 bridgehead atoms. The van der Waals surface area contributed by atoms with Gasteiger partial charge >= 0.3 is 0 Å². The molecule has 0 aromatic carbocycles. The molecule has 0 N–H and O–H groups in total. The summed E-state index contributed by atoms with van der Waals surface area (Å²) in [4.78, 5) is 4.10. The first-order valence-electron chi connectivity index (χ1n) is 6.56. The molecule has 0 unspecified atom stereocenters. The second-order valence-electron chi connectivity index (χ2n) is 5.49. The van der Waals surface area contributed by atoms with Gasteiger partial charge in [-0.3, -0.25) is 4.98 Å². The number of allylic oxidation sites excluding steroid dienone is 2. The van der Waals surface area contributed by atoms with Gasteiger partial charge in [-0.2, -0.15) is 0 Å². The van der Waals surface area contributed by atoms with Crippen molar-refractivity contribution in [2.24, 2.45) is 5.41 Å². The minimum atomic E-state index is -0.240. The molecule has 96 valence electrons. The molecule has 0 amide bonds. The maximum atomic E-state index is 5.90. The smallest absolute Gasteiger partial charge is 0.185 e.